The number of rotatable bonds is 6. The molecule has 0 aliphatic heterocycles. The number of thioether (sulfide) groups is 1. The maximum Gasteiger partial charge on any atom is 0.230 e. The van der Waals surface area contributed by atoms with Crippen LogP contribution in [-0.2, 0) is 11.2 Å². The second kappa shape index (κ2) is 7.10. The predicted octanol–water partition coefficient (Wildman–Crippen LogP) is 1.57. The van der Waals surface area contributed by atoms with Crippen molar-refractivity contribution in [2.75, 3.05) is 18.0 Å². The fourth-order valence-electron chi connectivity index (χ4n) is 1.41. The summed E-state index contributed by atoms with van der Waals surface area (Å²) in [5.41, 5.74) is 5.65. The van der Waals surface area contributed by atoms with Gasteiger partial charge in [0.2, 0.25) is 5.91 Å². The van der Waals surface area contributed by atoms with E-state index < -0.39 is 0 Å². The van der Waals surface area contributed by atoms with Gasteiger partial charge < -0.3 is 11.1 Å². The molecule has 0 atom stereocenters. The number of aromatic nitrogens is 2. The van der Waals surface area contributed by atoms with Crippen LogP contribution in [0.25, 0.3) is 0 Å². The van der Waals surface area contributed by atoms with Gasteiger partial charge in [0.1, 0.15) is 5.03 Å². The van der Waals surface area contributed by atoms with Gasteiger partial charge in [-0.25, -0.2) is 9.97 Å². The third-order valence-corrected chi connectivity index (χ3v) is 4.24. The molecular formula is C12H14N4OS2. The molecule has 0 saturated heterocycles. The van der Waals surface area contributed by atoms with Gasteiger partial charge in [0.05, 0.1) is 5.75 Å². The molecule has 2 aromatic rings. The molecule has 5 nitrogen and oxygen atoms in total. The molecule has 0 aliphatic carbocycles. The molecule has 2 rings (SSSR count). The molecule has 0 bridgehead atoms. The van der Waals surface area contributed by atoms with E-state index in [0.29, 0.717) is 23.1 Å². The molecule has 0 saturated carbocycles. The summed E-state index contributed by atoms with van der Waals surface area (Å²) in [5, 5.41) is 5.49. The van der Waals surface area contributed by atoms with E-state index in [1.165, 1.54) is 22.8 Å². The highest BCUT2D eigenvalue weighted by Crippen LogP contribution is 2.18. The molecule has 7 heteroatoms. The van der Waals surface area contributed by atoms with Crippen molar-refractivity contribution in [1.82, 2.24) is 15.3 Å². The topological polar surface area (TPSA) is 80.9 Å². The Hall–Kier alpha value is -1.60. The third kappa shape index (κ3) is 4.53. The second-order valence-corrected chi connectivity index (χ2v) is 5.71. The van der Waals surface area contributed by atoms with Gasteiger partial charge in [0, 0.05) is 23.8 Å². The minimum Gasteiger partial charge on any atom is -0.381 e. The molecule has 0 spiro atoms. The first kappa shape index (κ1) is 13.8. The maximum absolute atomic E-state index is 11.6. The average molecular weight is 294 g/mol. The smallest absolute Gasteiger partial charge is 0.230 e. The Morgan fingerprint density at radius 1 is 1.42 bits per heavy atom. The van der Waals surface area contributed by atoms with Crippen molar-refractivity contribution < 1.29 is 4.79 Å². The molecule has 19 heavy (non-hydrogen) atoms. The number of nitrogens with zero attached hydrogens (tertiary/aromatic N) is 2. The van der Waals surface area contributed by atoms with Gasteiger partial charge >= 0.3 is 0 Å². The highest BCUT2D eigenvalue weighted by atomic mass is 32.2. The van der Waals surface area contributed by atoms with Crippen LogP contribution in [0.3, 0.4) is 0 Å². The van der Waals surface area contributed by atoms with Crippen molar-refractivity contribution in [2.45, 2.75) is 11.4 Å². The van der Waals surface area contributed by atoms with Crippen molar-refractivity contribution in [2.24, 2.45) is 0 Å². The molecule has 2 heterocycles. The van der Waals surface area contributed by atoms with Gasteiger partial charge in [-0.1, -0.05) is 17.8 Å². The largest absolute Gasteiger partial charge is 0.381 e. The number of hydrogen-bond acceptors (Lipinski definition) is 6. The van der Waals surface area contributed by atoms with E-state index in [9.17, 15) is 4.79 Å². The predicted molar refractivity (Wildman–Crippen MR) is 78.2 cm³/mol. The van der Waals surface area contributed by atoms with E-state index in [1.54, 1.807) is 17.5 Å². The molecule has 2 aromatic heterocycles. The Morgan fingerprint density at radius 2 is 2.26 bits per heavy atom. The minimum absolute atomic E-state index is 0.0217. The molecule has 100 valence electrons. The van der Waals surface area contributed by atoms with Crippen molar-refractivity contribution in [3.63, 3.8) is 0 Å². The monoisotopic (exact) mass is 294 g/mol. The fourth-order valence-corrected chi connectivity index (χ4v) is 2.83. The number of hydrogen-bond donors (Lipinski definition) is 2. The van der Waals surface area contributed by atoms with Crippen LogP contribution in [0.4, 0.5) is 5.82 Å². The summed E-state index contributed by atoms with van der Waals surface area (Å²) in [7, 11) is 0. The number of anilines is 1. The number of nitrogens with two attached hydrogens (primary N) is 1. The Bertz CT molecular complexity index is 530. The molecule has 0 aliphatic rings. The number of nitrogen functional groups attached to an aromatic ring is 1. The first-order valence-corrected chi connectivity index (χ1v) is 7.60. The summed E-state index contributed by atoms with van der Waals surface area (Å²) in [6, 6.07) is 4.07. The summed E-state index contributed by atoms with van der Waals surface area (Å²) >= 11 is 2.99. The van der Waals surface area contributed by atoms with E-state index in [2.05, 4.69) is 21.4 Å². The number of thiophene rings is 1. The van der Waals surface area contributed by atoms with Crippen LogP contribution in [0.15, 0.2) is 34.9 Å². The molecule has 3 N–H and O–H groups in total. The zero-order chi connectivity index (χ0) is 13.5. The minimum atomic E-state index is -0.0217. The lowest BCUT2D eigenvalue weighted by atomic mass is 10.3. The van der Waals surface area contributed by atoms with Crippen molar-refractivity contribution in [1.29, 1.82) is 0 Å². The second-order valence-electron chi connectivity index (χ2n) is 3.71. The molecule has 0 radical (unpaired) electrons. The molecule has 0 unspecified atom stereocenters. The molecule has 1 amide bonds. The first-order valence-electron chi connectivity index (χ1n) is 5.74. The standard InChI is InChI=1S/C12H14N4OS2/c13-11-12(16-6-5-15-11)19-8-10(17)14-4-3-9-2-1-7-18-9/h1-2,5-7H,3-4,8H2,(H2,13,15)(H,14,17). The van der Waals surface area contributed by atoms with Crippen LogP contribution in [0.1, 0.15) is 4.88 Å². The zero-order valence-corrected chi connectivity index (χ0v) is 11.8. The summed E-state index contributed by atoms with van der Waals surface area (Å²) in [6.45, 7) is 0.649. The van der Waals surface area contributed by atoms with Crippen molar-refractivity contribution in [3.8, 4) is 0 Å². The van der Waals surface area contributed by atoms with E-state index in [1.807, 2.05) is 11.4 Å². The lowest BCUT2D eigenvalue weighted by Crippen LogP contribution is -2.27. The molecule has 0 fully saturated rings. The van der Waals surface area contributed by atoms with Crippen LogP contribution < -0.4 is 11.1 Å². The van der Waals surface area contributed by atoms with E-state index in [0.717, 1.165) is 6.42 Å². The van der Waals surface area contributed by atoms with Crippen molar-refractivity contribution in [3.05, 3.63) is 34.8 Å². The SMILES string of the molecule is Nc1nccnc1SCC(=O)NCCc1cccs1. The van der Waals surface area contributed by atoms with Gasteiger partial charge in [-0.15, -0.1) is 11.3 Å². The van der Waals surface area contributed by atoms with Gasteiger partial charge in [-0.2, -0.15) is 0 Å². The van der Waals surface area contributed by atoms with Gasteiger partial charge in [0.25, 0.3) is 0 Å². The fraction of sp³-hybridized carbons (Fsp3) is 0.250. The number of amides is 1. The highest BCUT2D eigenvalue weighted by molar-refractivity contribution is 8.00. The number of carbonyl (C=O) groups excluding carboxylic acids is 1. The normalized spacial score (nSPS) is 10.3. The Balaban J connectivity index is 1.69. The lowest BCUT2D eigenvalue weighted by Gasteiger charge is -2.04. The highest BCUT2D eigenvalue weighted by Gasteiger charge is 2.06. The van der Waals surface area contributed by atoms with E-state index in [-0.39, 0.29) is 5.91 Å². The number of nitrogens with one attached hydrogen (secondary N) is 1. The van der Waals surface area contributed by atoms with Gasteiger partial charge in [-0.05, 0) is 17.9 Å². The van der Waals surface area contributed by atoms with Crippen LogP contribution in [0.5, 0.6) is 0 Å². The summed E-state index contributed by atoms with van der Waals surface area (Å²) < 4.78 is 0. The van der Waals surface area contributed by atoms with Crippen molar-refractivity contribution >= 4 is 34.8 Å². The zero-order valence-electron chi connectivity index (χ0n) is 10.2. The lowest BCUT2D eigenvalue weighted by molar-refractivity contribution is -0.118. The molecular weight excluding hydrogens is 280 g/mol. The Labute approximate surface area is 119 Å². The Kier molecular flexibility index (Phi) is 5.17. The maximum atomic E-state index is 11.6. The van der Waals surface area contributed by atoms with E-state index in [4.69, 9.17) is 5.73 Å². The third-order valence-electron chi connectivity index (χ3n) is 2.30. The number of carbonyl (C=O) groups is 1. The van der Waals surface area contributed by atoms with Gasteiger partial charge in [-0.3, -0.25) is 4.79 Å². The first-order chi connectivity index (χ1) is 9.25. The van der Waals surface area contributed by atoms with Crippen LogP contribution in [-0.4, -0.2) is 28.2 Å². The quantitative estimate of drug-likeness (QED) is 0.790. The summed E-state index contributed by atoms with van der Waals surface area (Å²) in [4.78, 5) is 20.9. The average Bonchev–Trinajstić information content (AvgIpc) is 2.91. The Morgan fingerprint density at radius 3 is 3.00 bits per heavy atom. The summed E-state index contributed by atoms with van der Waals surface area (Å²) in [6.07, 6.45) is 3.95. The molecule has 0 aromatic carbocycles. The van der Waals surface area contributed by atoms with Crippen LogP contribution in [0, 0.1) is 0 Å². The van der Waals surface area contributed by atoms with Crippen LogP contribution >= 0.6 is 23.1 Å². The van der Waals surface area contributed by atoms with Crippen LogP contribution in [0.2, 0.25) is 0 Å². The van der Waals surface area contributed by atoms with Gasteiger partial charge in [0.15, 0.2) is 5.82 Å². The van der Waals surface area contributed by atoms with E-state index >= 15 is 0 Å². The summed E-state index contributed by atoms with van der Waals surface area (Å²) in [5.74, 6) is 0.637.